The van der Waals surface area contributed by atoms with Crippen molar-refractivity contribution >= 4 is 11.9 Å². The van der Waals surface area contributed by atoms with Crippen molar-refractivity contribution in [3.05, 3.63) is 77.4 Å². The van der Waals surface area contributed by atoms with Crippen molar-refractivity contribution in [2.45, 2.75) is 13.5 Å². The van der Waals surface area contributed by atoms with Gasteiger partial charge in [-0.3, -0.25) is 9.69 Å². The highest BCUT2D eigenvalue weighted by Gasteiger charge is 2.02. The van der Waals surface area contributed by atoms with Crippen molar-refractivity contribution in [1.29, 1.82) is 0 Å². The lowest BCUT2D eigenvalue weighted by Crippen LogP contribution is -2.17. The predicted octanol–water partition coefficient (Wildman–Crippen LogP) is 4.03. The van der Waals surface area contributed by atoms with Gasteiger partial charge in [-0.2, -0.15) is 0 Å². The molecule has 0 radical (unpaired) electrons. The minimum atomic E-state index is 0.114. The Kier molecular flexibility index (Phi) is 5.47. The smallest absolute Gasteiger partial charge is 0.159 e. The molecule has 108 valence electrons. The molecule has 0 aliphatic heterocycles. The van der Waals surface area contributed by atoms with Crippen LogP contribution in [0.25, 0.3) is 6.08 Å². The average Bonchev–Trinajstić information content (AvgIpc) is 2.48. The first-order valence-corrected chi connectivity index (χ1v) is 7.15. The quantitative estimate of drug-likeness (QED) is 0.744. The van der Waals surface area contributed by atoms with E-state index in [0.717, 1.165) is 18.7 Å². The first-order chi connectivity index (χ1) is 10.1. The summed E-state index contributed by atoms with van der Waals surface area (Å²) in [6, 6.07) is 18.1. The van der Waals surface area contributed by atoms with Gasteiger partial charge >= 0.3 is 0 Å². The Morgan fingerprint density at radius 1 is 1.10 bits per heavy atom. The van der Waals surface area contributed by atoms with Gasteiger partial charge in [0.1, 0.15) is 0 Å². The second-order valence-electron chi connectivity index (χ2n) is 5.27. The van der Waals surface area contributed by atoms with Crippen molar-refractivity contribution in [3.8, 4) is 0 Å². The molecule has 0 saturated carbocycles. The number of likely N-dealkylation sites (N-methyl/N-ethyl adjacent to an activating group) is 1. The molecule has 0 aliphatic rings. The summed E-state index contributed by atoms with van der Waals surface area (Å²) in [5.41, 5.74) is 3.16. The number of rotatable bonds is 6. The number of carbonyl (C=O) groups is 1. The van der Waals surface area contributed by atoms with E-state index in [2.05, 4.69) is 42.3 Å². The van der Waals surface area contributed by atoms with Crippen LogP contribution in [-0.2, 0) is 6.54 Å². The number of carbonyl (C=O) groups excluding carboxylic acids is 1. The molecule has 2 rings (SSSR count). The molecule has 2 nitrogen and oxygen atoms in total. The molecule has 2 heteroatoms. The molecule has 0 fully saturated rings. The second-order valence-corrected chi connectivity index (χ2v) is 5.27. The van der Waals surface area contributed by atoms with E-state index in [9.17, 15) is 4.79 Å². The van der Waals surface area contributed by atoms with E-state index in [4.69, 9.17) is 0 Å². The van der Waals surface area contributed by atoms with Crippen LogP contribution in [0.15, 0.2) is 60.7 Å². The van der Waals surface area contributed by atoms with Crippen LogP contribution in [0.2, 0.25) is 0 Å². The molecule has 0 atom stereocenters. The molecule has 0 spiro atoms. The van der Waals surface area contributed by atoms with Crippen LogP contribution in [0.1, 0.15) is 28.4 Å². The highest BCUT2D eigenvalue weighted by atomic mass is 16.1. The topological polar surface area (TPSA) is 20.3 Å². The number of benzene rings is 2. The maximum atomic E-state index is 11.4. The van der Waals surface area contributed by atoms with E-state index >= 15 is 0 Å². The van der Waals surface area contributed by atoms with Gasteiger partial charge in [0.25, 0.3) is 0 Å². The van der Waals surface area contributed by atoms with Gasteiger partial charge in [-0.05, 0) is 31.2 Å². The lowest BCUT2D eigenvalue weighted by molar-refractivity contribution is 0.101. The standard InChI is InChI=1S/C19H21NO/c1-16(21)19-12-6-10-18(14-19)15-20(2)13-7-11-17-8-4-3-5-9-17/h3-12,14H,13,15H2,1-2H3/b11-7+. The van der Waals surface area contributed by atoms with Crippen LogP contribution in [-0.4, -0.2) is 24.3 Å². The van der Waals surface area contributed by atoms with Crippen molar-refractivity contribution in [1.82, 2.24) is 4.90 Å². The second kappa shape index (κ2) is 7.55. The lowest BCUT2D eigenvalue weighted by Gasteiger charge is -2.14. The van der Waals surface area contributed by atoms with Crippen LogP contribution in [0.4, 0.5) is 0 Å². The molecule has 0 aliphatic carbocycles. The summed E-state index contributed by atoms with van der Waals surface area (Å²) in [4.78, 5) is 13.6. The van der Waals surface area contributed by atoms with Crippen LogP contribution in [0.3, 0.4) is 0 Å². The van der Waals surface area contributed by atoms with Crippen LogP contribution in [0.5, 0.6) is 0 Å². The molecule has 0 N–H and O–H groups in total. The molecule has 2 aromatic rings. The van der Waals surface area contributed by atoms with E-state index in [0.29, 0.717) is 0 Å². The minimum absolute atomic E-state index is 0.114. The molecule has 0 saturated heterocycles. The zero-order chi connectivity index (χ0) is 15.1. The summed E-state index contributed by atoms with van der Waals surface area (Å²) in [7, 11) is 2.08. The Morgan fingerprint density at radius 2 is 1.86 bits per heavy atom. The number of nitrogens with zero attached hydrogens (tertiary/aromatic N) is 1. The molecule has 21 heavy (non-hydrogen) atoms. The molecule has 0 bridgehead atoms. The average molecular weight is 279 g/mol. The minimum Gasteiger partial charge on any atom is -0.298 e. The molecule has 0 heterocycles. The van der Waals surface area contributed by atoms with Gasteiger partial charge in [0, 0.05) is 18.7 Å². The van der Waals surface area contributed by atoms with Crippen molar-refractivity contribution in [2.24, 2.45) is 0 Å². The van der Waals surface area contributed by atoms with Crippen molar-refractivity contribution in [2.75, 3.05) is 13.6 Å². The third kappa shape index (κ3) is 5.01. The Labute approximate surface area is 126 Å². The summed E-state index contributed by atoms with van der Waals surface area (Å²) in [6.07, 6.45) is 4.28. The zero-order valence-corrected chi connectivity index (χ0v) is 12.6. The molecule has 2 aromatic carbocycles. The zero-order valence-electron chi connectivity index (χ0n) is 12.6. The van der Waals surface area contributed by atoms with Crippen molar-refractivity contribution < 1.29 is 4.79 Å². The summed E-state index contributed by atoms with van der Waals surface area (Å²) >= 11 is 0. The molecule has 0 unspecified atom stereocenters. The SMILES string of the molecule is CC(=O)c1cccc(CN(C)C/C=C/c2ccccc2)c1. The highest BCUT2D eigenvalue weighted by Crippen LogP contribution is 2.09. The van der Waals surface area contributed by atoms with Crippen LogP contribution in [0, 0.1) is 0 Å². The third-order valence-electron chi connectivity index (χ3n) is 3.31. The first-order valence-electron chi connectivity index (χ1n) is 7.15. The summed E-state index contributed by atoms with van der Waals surface area (Å²) < 4.78 is 0. The predicted molar refractivity (Wildman–Crippen MR) is 88.3 cm³/mol. The van der Waals surface area contributed by atoms with Gasteiger partial charge < -0.3 is 0 Å². The number of ketones is 1. The Morgan fingerprint density at radius 3 is 2.57 bits per heavy atom. The lowest BCUT2D eigenvalue weighted by atomic mass is 10.1. The molecule has 0 aromatic heterocycles. The van der Waals surface area contributed by atoms with Crippen LogP contribution >= 0.6 is 0 Å². The normalized spacial score (nSPS) is 11.2. The van der Waals surface area contributed by atoms with Gasteiger partial charge in [0.05, 0.1) is 0 Å². The van der Waals surface area contributed by atoms with Gasteiger partial charge in [-0.25, -0.2) is 0 Å². The van der Waals surface area contributed by atoms with E-state index in [1.807, 2.05) is 36.4 Å². The molecule has 0 amide bonds. The first kappa shape index (κ1) is 15.2. The van der Waals surface area contributed by atoms with E-state index in [1.54, 1.807) is 6.92 Å². The summed E-state index contributed by atoms with van der Waals surface area (Å²) in [5.74, 6) is 0.114. The van der Waals surface area contributed by atoms with Gasteiger partial charge in [-0.1, -0.05) is 60.7 Å². The Balaban J connectivity index is 1.90. The Bertz CT molecular complexity index is 616. The van der Waals surface area contributed by atoms with E-state index in [-0.39, 0.29) is 5.78 Å². The van der Waals surface area contributed by atoms with Gasteiger partial charge in [-0.15, -0.1) is 0 Å². The van der Waals surface area contributed by atoms with Crippen LogP contribution < -0.4 is 0 Å². The van der Waals surface area contributed by atoms with E-state index in [1.165, 1.54) is 11.1 Å². The summed E-state index contributed by atoms with van der Waals surface area (Å²) in [6.45, 7) is 3.31. The largest absolute Gasteiger partial charge is 0.298 e. The third-order valence-corrected chi connectivity index (χ3v) is 3.31. The van der Waals surface area contributed by atoms with Crippen molar-refractivity contribution in [3.63, 3.8) is 0 Å². The number of Topliss-reactive ketones (excluding diaryl/α,β-unsaturated/α-hetero) is 1. The summed E-state index contributed by atoms with van der Waals surface area (Å²) in [5, 5.41) is 0. The fourth-order valence-corrected chi connectivity index (χ4v) is 2.20. The maximum absolute atomic E-state index is 11.4. The highest BCUT2D eigenvalue weighted by molar-refractivity contribution is 5.94. The van der Waals surface area contributed by atoms with Gasteiger partial charge in [0.15, 0.2) is 5.78 Å². The fraction of sp³-hybridized carbons (Fsp3) is 0.211. The van der Waals surface area contributed by atoms with E-state index < -0.39 is 0 Å². The number of hydrogen-bond acceptors (Lipinski definition) is 2. The molecular formula is C19H21NO. The Hall–Kier alpha value is -2.19. The molecular weight excluding hydrogens is 258 g/mol. The fourth-order valence-electron chi connectivity index (χ4n) is 2.20. The monoisotopic (exact) mass is 279 g/mol. The van der Waals surface area contributed by atoms with Gasteiger partial charge in [0.2, 0.25) is 0 Å². The number of hydrogen-bond donors (Lipinski definition) is 0. The maximum Gasteiger partial charge on any atom is 0.159 e.